The number of nitrogens with zero attached hydrogens (tertiary/aromatic N) is 4. The van der Waals surface area contributed by atoms with Gasteiger partial charge in [0.15, 0.2) is 5.82 Å². The Kier molecular flexibility index (Phi) is 6.93. The van der Waals surface area contributed by atoms with E-state index in [1.54, 1.807) is 17.8 Å². The van der Waals surface area contributed by atoms with E-state index in [9.17, 15) is 9.59 Å². The van der Waals surface area contributed by atoms with E-state index in [1.807, 2.05) is 62.3 Å². The first-order valence-electron chi connectivity index (χ1n) is 11.4. The molecule has 2 amide bonds. The summed E-state index contributed by atoms with van der Waals surface area (Å²) in [5.41, 5.74) is 3.53. The van der Waals surface area contributed by atoms with Crippen LogP contribution in [0.5, 0.6) is 0 Å². The lowest BCUT2D eigenvalue weighted by Crippen LogP contribution is -2.19. The molecule has 1 atom stereocenters. The molecule has 1 aromatic carbocycles. The van der Waals surface area contributed by atoms with E-state index in [2.05, 4.69) is 25.9 Å². The number of carbonyl (C=O) groups is 2. The third kappa shape index (κ3) is 5.79. The van der Waals surface area contributed by atoms with Gasteiger partial charge in [0.05, 0.1) is 11.6 Å². The number of carbonyl (C=O) groups excluding carboxylic acids is 2. The molecule has 9 heteroatoms. The minimum absolute atomic E-state index is 0.121. The molecule has 3 aromatic rings. The maximum atomic E-state index is 12.8. The van der Waals surface area contributed by atoms with Crippen molar-refractivity contribution in [1.82, 2.24) is 24.9 Å². The van der Waals surface area contributed by atoms with Crippen LogP contribution in [0.4, 0.5) is 11.6 Å². The Hall–Kier alpha value is -3.72. The van der Waals surface area contributed by atoms with Crippen LogP contribution in [0, 0.1) is 0 Å². The van der Waals surface area contributed by atoms with Crippen molar-refractivity contribution in [2.75, 3.05) is 31.3 Å². The smallest absolute Gasteiger partial charge is 0.249 e. The predicted molar refractivity (Wildman–Crippen MR) is 133 cm³/mol. The van der Waals surface area contributed by atoms with Gasteiger partial charge in [0.25, 0.3) is 0 Å². The van der Waals surface area contributed by atoms with Gasteiger partial charge in [0, 0.05) is 49.0 Å². The molecule has 1 unspecified atom stereocenters. The number of hydrogen-bond acceptors (Lipinski definition) is 5. The Balaban J connectivity index is 1.43. The summed E-state index contributed by atoms with van der Waals surface area (Å²) in [6, 6.07) is 11.5. The Morgan fingerprint density at radius 3 is 2.76 bits per heavy atom. The molecule has 1 fully saturated rings. The summed E-state index contributed by atoms with van der Waals surface area (Å²) < 4.78 is 1.63. The van der Waals surface area contributed by atoms with Crippen LogP contribution in [-0.4, -0.2) is 57.3 Å². The number of anilines is 2. The number of likely N-dealkylation sites (N-methyl/N-ethyl adjacent to an activating group) is 1. The van der Waals surface area contributed by atoms with Gasteiger partial charge >= 0.3 is 0 Å². The Morgan fingerprint density at radius 2 is 2.03 bits per heavy atom. The molecule has 0 radical (unpaired) electrons. The lowest BCUT2D eigenvalue weighted by atomic mass is 9.97. The molecule has 4 rings (SSSR count). The van der Waals surface area contributed by atoms with Gasteiger partial charge < -0.3 is 15.5 Å². The summed E-state index contributed by atoms with van der Waals surface area (Å²) in [7, 11) is 5.66. The number of benzene rings is 1. The second-order valence-electron chi connectivity index (χ2n) is 9.01. The first-order valence-corrected chi connectivity index (χ1v) is 11.4. The monoisotopic (exact) mass is 461 g/mol. The third-order valence-corrected chi connectivity index (χ3v) is 5.81. The molecule has 34 heavy (non-hydrogen) atoms. The SMILES string of the molecule is CC(C(=O)Nc1cc(C2CC2)[nH]n1)c1cccc(-c2cc(NC(=O)/C=C/CN(C)C)n(C)n2)c1. The van der Waals surface area contributed by atoms with Crippen LogP contribution in [0.25, 0.3) is 11.3 Å². The van der Waals surface area contributed by atoms with E-state index in [1.165, 1.54) is 18.9 Å². The van der Waals surface area contributed by atoms with Gasteiger partial charge in [-0.25, -0.2) is 0 Å². The molecule has 9 nitrogen and oxygen atoms in total. The number of hydrogen-bond donors (Lipinski definition) is 3. The highest BCUT2D eigenvalue weighted by Crippen LogP contribution is 2.39. The van der Waals surface area contributed by atoms with Crippen molar-refractivity contribution in [3.8, 4) is 11.3 Å². The van der Waals surface area contributed by atoms with Gasteiger partial charge in [-0.05, 0) is 45.5 Å². The number of nitrogens with one attached hydrogen (secondary N) is 3. The zero-order valence-corrected chi connectivity index (χ0v) is 20.0. The van der Waals surface area contributed by atoms with Crippen molar-refractivity contribution >= 4 is 23.5 Å². The number of aromatic amines is 1. The molecule has 1 saturated carbocycles. The molecule has 3 N–H and O–H groups in total. The quantitative estimate of drug-likeness (QED) is 0.423. The summed E-state index contributed by atoms with van der Waals surface area (Å²) >= 11 is 0. The Bertz CT molecular complexity index is 1200. The number of rotatable bonds is 9. The molecular formula is C25H31N7O2. The highest BCUT2D eigenvalue weighted by Gasteiger charge is 2.26. The zero-order chi connectivity index (χ0) is 24.2. The van der Waals surface area contributed by atoms with Gasteiger partial charge in [0.1, 0.15) is 5.82 Å². The van der Waals surface area contributed by atoms with E-state index in [-0.39, 0.29) is 17.7 Å². The average Bonchev–Trinajstić information content (AvgIpc) is 3.45. The van der Waals surface area contributed by atoms with Crippen molar-refractivity contribution in [1.29, 1.82) is 0 Å². The number of amides is 2. The summed E-state index contributed by atoms with van der Waals surface area (Å²) in [6.07, 6.45) is 5.66. The van der Waals surface area contributed by atoms with Crippen molar-refractivity contribution in [2.45, 2.75) is 31.6 Å². The highest BCUT2D eigenvalue weighted by atomic mass is 16.2. The fourth-order valence-corrected chi connectivity index (χ4v) is 3.62. The van der Waals surface area contributed by atoms with Gasteiger partial charge in [-0.2, -0.15) is 10.2 Å². The number of H-pyrrole nitrogens is 1. The zero-order valence-electron chi connectivity index (χ0n) is 20.0. The Morgan fingerprint density at radius 1 is 1.24 bits per heavy atom. The van der Waals surface area contributed by atoms with Gasteiger partial charge in [-0.15, -0.1) is 0 Å². The van der Waals surface area contributed by atoms with Crippen molar-refractivity contribution < 1.29 is 9.59 Å². The van der Waals surface area contributed by atoms with E-state index in [4.69, 9.17) is 0 Å². The second kappa shape index (κ2) is 10.0. The summed E-state index contributed by atoms with van der Waals surface area (Å²) in [6.45, 7) is 2.55. The van der Waals surface area contributed by atoms with Crippen LogP contribution in [0.3, 0.4) is 0 Å². The minimum atomic E-state index is -0.370. The van der Waals surface area contributed by atoms with Gasteiger partial charge in [-0.3, -0.25) is 19.4 Å². The summed E-state index contributed by atoms with van der Waals surface area (Å²) in [4.78, 5) is 27.0. The predicted octanol–water partition coefficient (Wildman–Crippen LogP) is 3.49. The fraction of sp³-hybridized carbons (Fsp3) is 0.360. The molecule has 2 heterocycles. The lowest BCUT2D eigenvalue weighted by Gasteiger charge is -2.12. The second-order valence-corrected chi connectivity index (χ2v) is 9.01. The third-order valence-electron chi connectivity index (χ3n) is 5.81. The molecule has 2 aromatic heterocycles. The Labute approximate surface area is 199 Å². The largest absolute Gasteiger partial charge is 0.309 e. The molecular weight excluding hydrogens is 430 g/mol. The lowest BCUT2D eigenvalue weighted by molar-refractivity contribution is -0.117. The molecule has 1 aliphatic rings. The van der Waals surface area contributed by atoms with Crippen LogP contribution < -0.4 is 10.6 Å². The topological polar surface area (TPSA) is 108 Å². The van der Waals surface area contributed by atoms with Crippen LogP contribution >= 0.6 is 0 Å². The van der Waals surface area contributed by atoms with E-state index in [0.29, 0.717) is 29.8 Å². The van der Waals surface area contributed by atoms with Crippen molar-refractivity contribution in [2.24, 2.45) is 7.05 Å². The first kappa shape index (κ1) is 23.4. The van der Waals surface area contributed by atoms with Gasteiger partial charge in [0.2, 0.25) is 11.8 Å². The number of aryl methyl sites for hydroxylation is 1. The van der Waals surface area contributed by atoms with Crippen LogP contribution in [-0.2, 0) is 16.6 Å². The van der Waals surface area contributed by atoms with E-state index < -0.39 is 0 Å². The highest BCUT2D eigenvalue weighted by molar-refractivity contribution is 5.99. The number of aromatic nitrogens is 4. The molecule has 1 aliphatic carbocycles. The normalized spacial score (nSPS) is 14.5. The van der Waals surface area contributed by atoms with E-state index >= 15 is 0 Å². The maximum Gasteiger partial charge on any atom is 0.249 e. The standard InChI is InChI=1S/C25H31N7O2/c1-16(25(34)26-22-14-20(28-29-22)17-10-11-17)18-7-5-8-19(13-18)21-15-23(32(4)30-21)27-24(33)9-6-12-31(2)3/h5-9,13-17H,10-12H2,1-4H3,(H,27,33)(H2,26,28,29,34)/b9-6+. The summed E-state index contributed by atoms with van der Waals surface area (Å²) in [5, 5.41) is 17.5. The van der Waals surface area contributed by atoms with Crippen LogP contribution in [0.15, 0.2) is 48.6 Å². The van der Waals surface area contributed by atoms with Gasteiger partial charge in [-0.1, -0.05) is 24.3 Å². The summed E-state index contributed by atoms with van der Waals surface area (Å²) in [5.74, 6) is 0.999. The molecule has 0 bridgehead atoms. The molecule has 0 spiro atoms. The molecule has 178 valence electrons. The van der Waals surface area contributed by atoms with E-state index in [0.717, 1.165) is 16.8 Å². The molecule has 0 aliphatic heterocycles. The van der Waals surface area contributed by atoms with Crippen LogP contribution in [0.1, 0.15) is 42.9 Å². The van der Waals surface area contributed by atoms with Crippen LogP contribution in [0.2, 0.25) is 0 Å². The maximum absolute atomic E-state index is 12.8. The average molecular weight is 462 g/mol. The molecule has 0 saturated heterocycles. The first-order chi connectivity index (χ1) is 16.3. The van der Waals surface area contributed by atoms with Crippen molar-refractivity contribution in [3.05, 3.63) is 59.8 Å². The minimum Gasteiger partial charge on any atom is -0.309 e. The fourth-order valence-electron chi connectivity index (χ4n) is 3.62. The van der Waals surface area contributed by atoms with Crippen molar-refractivity contribution in [3.63, 3.8) is 0 Å².